The zero-order chi connectivity index (χ0) is 26.1. The van der Waals surface area contributed by atoms with Crippen molar-refractivity contribution in [1.29, 1.82) is 0 Å². The zero-order valence-electron chi connectivity index (χ0n) is 20.5. The highest BCUT2D eigenvalue weighted by atomic mass is 35.5. The summed E-state index contributed by atoms with van der Waals surface area (Å²) in [5.74, 6) is -1.19. The topological polar surface area (TPSA) is 98.7 Å². The molecule has 0 saturated heterocycles. The number of primary amides is 1. The van der Waals surface area contributed by atoms with Crippen molar-refractivity contribution in [2.24, 2.45) is 5.73 Å². The molecule has 0 aliphatic heterocycles. The fraction of sp³-hybridized carbons (Fsp3) is 0.370. The van der Waals surface area contributed by atoms with E-state index in [4.69, 9.17) is 38.2 Å². The van der Waals surface area contributed by atoms with Gasteiger partial charge in [0.1, 0.15) is 17.0 Å². The van der Waals surface area contributed by atoms with Gasteiger partial charge in [0, 0.05) is 11.1 Å². The Hall–Kier alpha value is -2.87. The molecule has 4 rings (SSSR count). The summed E-state index contributed by atoms with van der Waals surface area (Å²) in [6.07, 6.45) is 2.65. The predicted molar refractivity (Wildman–Crippen MR) is 139 cm³/mol. The minimum absolute atomic E-state index is 0.0688. The molecule has 0 bridgehead atoms. The van der Waals surface area contributed by atoms with Crippen LogP contribution in [0.2, 0.25) is 10.0 Å². The van der Waals surface area contributed by atoms with Crippen LogP contribution in [0.3, 0.4) is 0 Å². The zero-order valence-corrected chi connectivity index (χ0v) is 22.0. The summed E-state index contributed by atoms with van der Waals surface area (Å²) in [5, 5.41) is 4.63. The summed E-state index contributed by atoms with van der Waals surface area (Å²) < 4.78 is 11.2. The second kappa shape index (κ2) is 10.2. The third-order valence-electron chi connectivity index (χ3n) is 7.32. The molecule has 1 aliphatic carbocycles. The van der Waals surface area contributed by atoms with Crippen LogP contribution in [0.25, 0.3) is 11.3 Å². The standard InChI is InChI=1S/C27H29Cl2N3O4/c1-17-21(23(31-36-17)22-19(28)10-7-11-20(22)29)24(33)35-27(25(30)34)14-12-26(13-15-27,32(2)3)16-18-8-5-4-6-9-18/h4-11H,12-16H2,1-3H3,(H2,30,34). The lowest BCUT2D eigenvalue weighted by molar-refractivity contribution is -0.144. The van der Waals surface area contributed by atoms with E-state index in [1.165, 1.54) is 5.56 Å². The average Bonchev–Trinajstić information content (AvgIpc) is 3.21. The van der Waals surface area contributed by atoms with Crippen molar-refractivity contribution in [3.63, 3.8) is 0 Å². The van der Waals surface area contributed by atoms with Crippen LogP contribution in [0.15, 0.2) is 53.1 Å². The first kappa shape index (κ1) is 26.2. The number of rotatable bonds is 7. The van der Waals surface area contributed by atoms with E-state index in [0.717, 1.165) is 6.42 Å². The molecular weight excluding hydrogens is 501 g/mol. The summed E-state index contributed by atoms with van der Waals surface area (Å²) in [6.45, 7) is 1.59. The summed E-state index contributed by atoms with van der Waals surface area (Å²) >= 11 is 12.7. The van der Waals surface area contributed by atoms with Crippen LogP contribution < -0.4 is 5.73 Å². The second-order valence-electron chi connectivity index (χ2n) is 9.59. The number of likely N-dealkylation sites (N-methyl/N-ethyl adjacent to an activating group) is 1. The van der Waals surface area contributed by atoms with Crippen molar-refractivity contribution < 1.29 is 18.8 Å². The number of amides is 1. The molecule has 1 fully saturated rings. The van der Waals surface area contributed by atoms with E-state index in [0.29, 0.717) is 41.3 Å². The number of hydrogen-bond acceptors (Lipinski definition) is 6. The largest absolute Gasteiger partial charge is 0.445 e. The molecule has 2 aromatic carbocycles. The molecule has 0 spiro atoms. The van der Waals surface area contributed by atoms with Crippen molar-refractivity contribution in [2.45, 2.75) is 50.2 Å². The molecule has 1 amide bonds. The van der Waals surface area contributed by atoms with Gasteiger partial charge < -0.3 is 19.9 Å². The smallest absolute Gasteiger partial charge is 0.345 e. The maximum Gasteiger partial charge on any atom is 0.345 e. The number of nitrogens with two attached hydrogens (primary N) is 1. The number of aromatic nitrogens is 1. The summed E-state index contributed by atoms with van der Waals surface area (Å²) in [6, 6.07) is 15.2. The monoisotopic (exact) mass is 529 g/mol. The number of benzene rings is 2. The molecule has 1 heterocycles. The number of hydrogen-bond donors (Lipinski definition) is 1. The molecule has 0 unspecified atom stereocenters. The quantitative estimate of drug-likeness (QED) is 0.408. The van der Waals surface area contributed by atoms with Crippen molar-refractivity contribution >= 4 is 35.1 Å². The number of carbonyl (C=O) groups is 2. The van der Waals surface area contributed by atoms with Crippen molar-refractivity contribution in [3.8, 4) is 11.3 Å². The molecule has 0 atom stereocenters. The number of ether oxygens (including phenoxy) is 1. The number of aryl methyl sites for hydroxylation is 1. The highest BCUT2D eigenvalue weighted by Gasteiger charge is 2.50. The van der Waals surface area contributed by atoms with Gasteiger partial charge in [-0.2, -0.15) is 0 Å². The first-order valence-corrected chi connectivity index (χ1v) is 12.5. The van der Waals surface area contributed by atoms with E-state index in [2.05, 4.69) is 22.2 Å². The lowest BCUT2D eigenvalue weighted by Gasteiger charge is -2.48. The maximum atomic E-state index is 13.5. The van der Waals surface area contributed by atoms with Gasteiger partial charge in [0.25, 0.3) is 5.91 Å². The highest BCUT2D eigenvalue weighted by Crippen LogP contribution is 2.43. The van der Waals surface area contributed by atoms with Crippen molar-refractivity contribution in [1.82, 2.24) is 10.1 Å². The molecule has 2 N–H and O–H groups in total. The van der Waals surface area contributed by atoms with Crippen molar-refractivity contribution in [3.05, 3.63) is 75.5 Å². The SMILES string of the molecule is Cc1onc(-c2c(Cl)cccc2Cl)c1C(=O)OC1(C(N)=O)CCC(Cc2ccccc2)(N(C)C)CC1. The Morgan fingerprint density at radius 3 is 2.19 bits per heavy atom. The van der Waals surface area contributed by atoms with E-state index in [-0.39, 0.29) is 22.6 Å². The Bertz CT molecular complexity index is 1250. The highest BCUT2D eigenvalue weighted by molar-refractivity contribution is 6.39. The minimum Gasteiger partial charge on any atom is -0.445 e. The molecule has 3 aromatic rings. The Labute approximate surface area is 220 Å². The molecular formula is C27H29Cl2N3O4. The Balaban J connectivity index is 1.61. The van der Waals surface area contributed by atoms with Gasteiger partial charge in [0.2, 0.25) is 0 Å². The van der Waals surface area contributed by atoms with Crippen LogP contribution >= 0.6 is 23.2 Å². The number of halogens is 2. The third-order valence-corrected chi connectivity index (χ3v) is 7.95. The van der Waals surface area contributed by atoms with E-state index >= 15 is 0 Å². The van der Waals surface area contributed by atoms with Crippen molar-refractivity contribution in [2.75, 3.05) is 14.1 Å². The molecule has 190 valence electrons. The van der Waals surface area contributed by atoms with Gasteiger partial charge in [0.05, 0.1) is 10.0 Å². The molecule has 36 heavy (non-hydrogen) atoms. The molecule has 1 aliphatic rings. The van der Waals surface area contributed by atoms with Gasteiger partial charge in [0.15, 0.2) is 5.60 Å². The first-order chi connectivity index (χ1) is 17.1. The fourth-order valence-corrected chi connectivity index (χ4v) is 5.59. The van der Waals surface area contributed by atoms with E-state index < -0.39 is 17.5 Å². The Morgan fingerprint density at radius 2 is 1.64 bits per heavy atom. The summed E-state index contributed by atoms with van der Waals surface area (Å²) in [7, 11) is 4.07. The Kier molecular flexibility index (Phi) is 7.46. The van der Waals surface area contributed by atoms with Crippen LogP contribution in [0.1, 0.15) is 47.4 Å². The molecule has 0 radical (unpaired) electrons. The van der Waals surface area contributed by atoms with Gasteiger partial charge in [-0.1, -0.05) is 64.8 Å². The van der Waals surface area contributed by atoms with Gasteiger partial charge in [-0.15, -0.1) is 0 Å². The van der Waals surface area contributed by atoms with E-state index in [9.17, 15) is 9.59 Å². The van der Waals surface area contributed by atoms with Gasteiger partial charge >= 0.3 is 5.97 Å². The predicted octanol–water partition coefficient (Wildman–Crippen LogP) is 5.45. The number of carbonyl (C=O) groups excluding carboxylic acids is 2. The lowest BCUT2D eigenvalue weighted by Crippen LogP contribution is -2.57. The number of esters is 1. The summed E-state index contributed by atoms with van der Waals surface area (Å²) in [4.78, 5) is 28.4. The molecule has 7 nitrogen and oxygen atoms in total. The van der Waals surface area contributed by atoms with Gasteiger partial charge in [-0.3, -0.25) is 4.79 Å². The first-order valence-electron chi connectivity index (χ1n) is 11.7. The van der Waals surface area contributed by atoms with Crippen LogP contribution in [-0.2, 0) is 16.0 Å². The van der Waals surface area contributed by atoms with Gasteiger partial charge in [-0.25, -0.2) is 4.79 Å². The van der Waals surface area contributed by atoms with E-state index in [1.54, 1.807) is 25.1 Å². The van der Waals surface area contributed by atoms with Crippen LogP contribution in [0.5, 0.6) is 0 Å². The average molecular weight is 530 g/mol. The van der Waals surface area contributed by atoms with Gasteiger partial charge in [-0.05, 0) is 70.8 Å². The molecule has 1 aromatic heterocycles. The van der Waals surface area contributed by atoms with E-state index in [1.807, 2.05) is 32.3 Å². The lowest BCUT2D eigenvalue weighted by atomic mass is 9.70. The fourth-order valence-electron chi connectivity index (χ4n) is 5.01. The number of nitrogens with zero attached hydrogens (tertiary/aromatic N) is 2. The Morgan fingerprint density at radius 1 is 1.03 bits per heavy atom. The maximum absolute atomic E-state index is 13.5. The van der Waals surface area contributed by atoms with Crippen LogP contribution in [0.4, 0.5) is 0 Å². The third kappa shape index (κ3) is 4.88. The molecule has 1 saturated carbocycles. The van der Waals surface area contributed by atoms with Crippen LogP contribution in [0, 0.1) is 6.92 Å². The second-order valence-corrected chi connectivity index (χ2v) is 10.4. The minimum atomic E-state index is -1.45. The normalized spacial score (nSPS) is 21.9. The molecule has 9 heteroatoms. The van der Waals surface area contributed by atoms with Crippen LogP contribution in [-0.4, -0.2) is 47.2 Å². The summed E-state index contributed by atoms with van der Waals surface area (Å²) in [5.41, 5.74) is 5.99.